The van der Waals surface area contributed by atoms with E-state index in [1.807, 2.05) is 77.7 Å². The molecule has 37 heavy (non-hydrogen) atoms. The second-order valence-electron chi connectivity index (χ2n) is 9.44. The number of carbonyl (C=O) groups is 1. The molecule has 0 spiro atoms. The molecule has 0 aliphatic heterocycles. The summed E-state index contributed by atoms with van der Waals surface area (Å²) in [4.78, 5) is 17.7. The van der Waals surface area contributed by atoms with Gasteiger partial charge in [0, 0.05) is 12.6 Å². The number of rotatable bonds is 16. The summed E-state index contributed by atoms with van der Waals surface area (Å²) in [6, 6.07) is 28.3. The average molecular weight is 503 g/mol. The molecule has 0 heterocycles. The van der Waals surface area contributed by atoms with E-state index in [0.717, 1.165) is 54.9 Å². The van der Waals surface area contributed by atoms with Crippen molar-refractivity contribution in [3.05, 3.63) is 102 Å². The van der Waals surface area contributed by atoms with Gasteiger partial charge in [-0.3, -0.25) is 4.79 Å². The van der Waals surface area contributed by atoms with E-state index in [4.69, 9.17) is 9.47 Å². The Morgan fingerprint density at radius 3 is 1.97 bits per heavy atom. The lowest BCUT2D eigenvalue weighted by molar-refractivity contribution is -0.139. The van der Waals surface area contributed by atoms with E-state index in [1.165, 1.54) is 0 Å². The molecule has 0 radical (unpaired) electrons. The molecule has 0 N–H and O–H groups in total. The predicted molar refractivity (Wildman–Crippen MR) is 150 cm³/mol. The van der Waals surface area contributed by atoms with E-state index in [0.29, 0.717) is 19.8 Å². The minimum Gasteiger partial charge on any atom is -0.489 e. The molecule has 5 heteroatoms. The van der Waals surface area contributed by atoms with Gasteiger partial charge in [0.15, 0.2) is 0 Å². The van der Waals surface area contributed by atoms with Gasteiger partial charge in [0.1, 0.15) is 19.0 Å². The maximum atomic E-state index is 13.3. The summed E-state index contributed by atoms with van der Waals surface area (Å²) in [5.41, 5.74) is 3.29. The highest BCUT2D eigenvalue weighted by Crippen LogP contribution is 2.18. The van der Waals surface area contributed by atoms with Gasteiger partial charge in [0.2, 0.25) is 5.91 Å². The maximum Gasteiger partial charge on any atom is 0.249 e. The van der Waals surface area contributed by atoms with Crippen LogP contribution in [0.3, 0.4) is 0 Å². The van der Waals surface area contributed by atoms with Crippen molar-refractivity contribution in [3.63, 3.8) is 0 Å². The van der Waals surface area contributed by atoms with Crippen LogP contribution in [0.25, 0.3) is 0 Å². The van der Waals surface area contributed by atoms with Gasteiger partial charge in [0.25, 0.3) is 0 Å². The van der Waals surface area contributed by atoms with Crippen LogP contribution in [-0.2, 0) is 29.3 Å². The third-order valence-corrected chi connectivity index (χ3v) is 6.70. The van der Waals surface area contributed by atoms with Crippen LogP contribution in [0, 0.1) is 0 Å². The van der Waals surface area contributed by atoms with Crippen molar-refractivity contribution in [1.82, 2.24) is 9.80 Å². The van der Waals surface area contributed by atoms with Crippen molar-refractivity contribution in [3.8, 4) is 5.75 Å². The molecule has 1 unspecified atom stereocenters. The summed E-state index contributed by atoms with van der Waals surface area (Å²) in [5.74, 6) is 0.847. The van der Waals surface area contributed by atoms with Crippen LogP contribution in [0.15, 0.2) is 84.9 Å². The normalized spacial score (nSPS) is 11.9. The first-order valence-electron chi connectivity index (χ1n) is 13.5. The molecule has 0 aromatic heterocycles. The van der Waals surface area contributed by atoms with Crippen molar-refractivity contribution in [2.75, 3.05) is 26.2 Å². The zero-order chi connectivity index (χ0) is 26.3. The van der Waals surface area contributed by atoms with Crippen LogP contribution in [-0.4, -0.2) is 48.0 Å². The fourth-order valence-corrected chi connectivity index (χ4v) is 4.34. The monoisotopic (exact) mass is 502 g/mol. The smallest absolute Gasteiger partial charge is 0.249 e. The van der Waals surface area contributed by atoms with E-state index < -0.39 is 0 Å². The summed E-state index contributed by atoms with van der Waals surface area (Å²) >= 11 is 0. The minimum atomic E-state index is 0.0238. The molecule has 3 aromatic carbocycles. The van der Waals surface area contributed by atoms with Crippen molar-refractivity contribution < 1.29 is 14.3 Å². The number of hydrogen-bond acceptors (Lipinski definition) is 4. The zero-order valence-corrected chi connectivity index (χ0v) is 22.6. The Kier molecular flexibility index (Phi) is 12.2. The largest absolute Gasteiger partial charge is 0.489 e. The summed E-state index contributed by atoms with van der Waals surface area (Å²) in [5, 5.41) is 0. The highest BCUT2D eigenvalue weighted by atomic mass is 16.5. The van der Waals surface area contributed by atoms with Crippen LogP contribution < -0.4 is 4.74 Å². The molecule has 198 valence electrons. The molecule has 0 fully saturated rings. The molecule has 0 saturated carbocycles. The van der Waals surface area contributed by atoms with Gasteiger partial charge in [-0.1, -0.05) is 86.6 Å². The molecule has 3 aromatic rings. The first kappa shape index (κ1) is 28.4. The van der Waals surface area contributed by atoms with Crippen molar-refractivity contribution in [2.24, 2.45) is 0 Å². The molecule has 0 saturated heterocycles. The van der Waals surface area contributed by atoms with Gasteiger partial charge in [-0.2, -0.15) is 0 Å². The summed E-state index contributed by atoms with van der Waals surface area (Å²) < 4.78 is 11.7. The predicted octanol–water partition coefficient (Wildman–Crippen LogP) is 6.32. The molecule has 0 bridgehead atoms. The molecule has 5 nitrogen and oxygen atoms in total. The van der Waals surface area contributed by atoms with Gasteiger partial charge in [-0.15, -0.1) is 0 Å². The van der Waals surface area contributed by atoms with Crippen molar-refractivity contribution in [1.29, 1.82) is 0 Å². The van der Waals surface area contributed by atoms with Gasteiger partial charge < -0.3 is 19.3 Å². The third kappa shape index (κ3) is 10.0. The van der Waals surface area contributed by atoms with Gasteiger partial charge in [-0.05, 0) is 68.2 Å². The topological polar surface area (TPSA) is 42.0 Å². The lowest BCUT2D eigenvalue weighted by Crippen LogP contribution is -2.40. The van der Waals surface area contributed by atoms with Crippen LogP contribution in [0.4, 0.5) is 0 Å². The van der Waals surface area contributed by atoms with Gasteiger partial charge >= 0.3 is 0 Å². The third-order valence-electron chi connectivity index (χ3n) is 6.70. The highest BCUT2D eigenvalue weighted by Gasteiger charge is 2.21. The minimum absolute atomic E-state index is 0.0238. The summed E-state index contributed by atoms with van der Waals surface area (Å²) in [6.45, 7) is 11.3. The number of amides is 1. The zero-order valence-electron chi connectivity index (χ0n) is 22.6. The lowest BCUT2D eigenvalue weighted by atomic mass is 10.1. The van der Waals surface area contributed by atoms with E-state index in [1.54, 1.807) is 0 Å². The van der Waals surface area contributed by atoms with Crippen LogP contribution in [0.5, 0.6) is 5.75 Å². The first-order valence-corrected chi connectivity index (χ1v) is 13.5. The molecule has 1 amide bonds. The fraction of sp³-hybridized carbons (Fsp3) is 0.406. The second-order valence-corrected chi connectivity index (χ2v) is 9.44. The Hall–Kier alpha value is -3.15. The standard InChI is InChI=1S/C32H42N2O3/c1-4-33(5-2)22-12-13-27(3)34(32(35)26-36-24-29-14-8-6-9-15-29)23-28-18-20-31(21-19-28)37-25-30-16-10-7-11-17-30/h6-11,14-21,27H,4-5,12-13,22-26H2,1-3H3. The lowest BCUT2D eigenvalue weighted by Gasteiger charge is -2.30. The average Bonchev–Trinajstić information content (AvgIpc) is 2.94. The molecule has 1 atom stereocenters. The number of ether oxygens (including phenoxy) is 2. The number of hydrogen-bond donors (Lipinski definition) is 0. The number of nitrogens with zero attached hydrogens (tertiary/aromatic N) is 2. The van der Waals surface area contributed by atoms with Crippen LogP contribution >= 0.6 is 0 Å². The quantitative estimate of drug-likeness (QED) is 0.230. The van der Waals surface area contributed by atoms with E-state index in [9.17, 15) is 4.79 Å². The van der Waals surface area contributed by atoms with E-state index in [2.05, 4.69) is 37.8 Å². The maximum absolute atomic E-state index is 13.3. The van der Waals surface area contributed by atoms with Crippen LogP contribution in [0.1, 0.15) is 50.3 Å². The Labute approximate surface area is 223 Å². The molecule has 0 aliphatic rings. The summed E-state index contributed by atoms with van der Waals surface area (Å²) in [6.07, 6.45) is 2.02. The molecule has 3 rings (SSSR count). The van der Waals surface area contributed by atoms with Gasteiger partial charge in [0.05, 0.1) is 6.61 Å². The highest BCUT2D eigenvalue weighted by molar-refractivity contribution is 5.77. The van der Waals surface area contributed by atoms with Crippen LogP contribution in [0.2, 0.25) is 0 Å². The van der Waals surface area contributed by atoms with Crippen molar-refractivity contribution >= 4 is 5.91 Å². The number of benzene rings is 3. The Balaban J connectivity index is 1.59. The molecular weight excluding hydrogens is 460 g/mol. The molecular formula is C32H42N2O3. The Morgan fingerprint density at radius 1 is 0.784 bits per heavy atom. The fourth-order valence-electron chi connectivity index (χ4n) is 4.34. The Bertz CT molecular complexity index is 1020. The number of carbonyl (C=O) groups excluding carboxylic acids is 1. The summed E-state index contributed by atoms with van der Waals surface area (Å²) in [7, 11) is 0. The van der Waals surface area contributed by atoms with E-state index >= 15 is 0 Å². The van der Waals surface area contributed by atoms with E-state index in [-0.39, 0.29) is 18.6 Å². The Morgan fingerprint density at radius 2 is 1.38 bits per heavy atom. The van der Waals surface area contributed by atoms with Crippen molar-refractivity contribution in [2.45, 2.75) is 59.4 Å². The SMILES string of the molecule is CCN(CC)CCCC(C)N(Cc1ccc(OCc2ccccc2)cc1)C(=O)COCc1ccccc1. The molecule has 0 aliphatic carbocycles. The first-order chi connectivity index (χ1) is 18.1. The van der Waals surface area contributed by atoms with Gasteiger partial charge in [-0.25, -0.2) is 0 Å². The second kappa shape index (κ2) is 15.9.